The average molecular weight is 367 g/mol. The van der Waals surface area contributed by atoms with Crippen LogP contribution in [0.5, 0.6) is 0 Å². The fraction of sp³-hybridized carbons (Fsp3) is 0.500. The molecular formula is C22H29N3O2. The lowest BCUT2D eigenvalue weighted by molar-refractivity contribution is -0.135. The van der Waals surface area contributed by atoms with Crippen LogP contribution in [0, 0.1) is 5.41 Å². The van der Waals surface area contributed by atoms with Crippen LogP contribution in [-0.4, -0.2) is 55.2 Å². The number of anilines is 1. The first kappa shape index (κ1) is 18.1. The van der Waals surface area contributed by atoms with E-state index in [1.807, 2.05) is 18.3 Å². The molecule has 1 aromatic carbocycles. The normalized spacial score (nSPS) is 23.4. The highest BCUT2D eigenvalue weighted by Gasteiger charge is 2.40. The summed E-state index contributed by atoms with van der Waals surface area (Å²) in [6.45, 7) is 5.04. The summed E-state index contributed by atoms with van der Waals surface area (Å²) in [5, 5.41) is 0. The third kappa shape index (κ3) is 4.35. The van der Waals surface area contributed by atoms with Gasteiger partial charge in [0.25, 0.3) is 0 Å². The Morgan fingerprint density at radius 3 is 2.81 bits per heavy atom. The van der Waals surface area contributed by atoms with Gasteiger partial charge in [0.15, 0.2) is 0 Å². The molecule has 1 aromatic heterocycles. The number of amides is 1. The number of aryl methyl sites for hydroxylation is 1. The molecule has 1 N–H and O–H groups in total. The number of piperidine rings is 1. The molecule has 3 heterocycles. The summed E-state index contributed by atoms with van der Waals surface area (Å²) in [4.78, 5) is 20.5. The summed E-state index contributed by atoms with van der Waals surface area (Å²) < 4.78 is 6.00. The van der Waals surface area contributed by atoms with E-state index in [4.69, 9.17) is 4.74 Å². The van der Waals surface area contributed by atoms with Gasteiger partial charge in [0, 0.05) is 55.6 Å². The number of ether oxygens (including phenoxy) is 1. The van der Waals surface area contributed by atoms with Crippen LogP contribution in [0.4, 0.5) is 5.69 Å². The monoisotopic (exact) mass is 367 g/mol. The predicted molar refractivity (Wildman–Crippen MR) is 107 cm³/mol. The van der Waals surface area contributed by atoms with Crippen LogP contribution in [-0.2, 0) is 16.0 Å². The molecule has 0 saturated carbocycles. The van der Waals surface area contributed by atoms with Crippen molar-refractivity contribution in [2.45, 2.75) is 25.7 Å². The number of carbonyl (C=O) groups is 1. The zero-order chi connectivity index (χ0) is 18.5. The van der Waals surface area contributed by atoms with Crippen LogP contribution < -0.4 is 4.90 Å². The molecule has 144 valence electrons. The predicted octanol–water partition coefficient (Wildman–Crippen LogP) is 3.09. The molecular weight excluding hydrogens is 338 g/mol. The number of para-hydroxylation sites is 1. The van der Waals surface area contributed by atoms with E-state index in [1.165, 1.54) is 5.69 Å². The van der Waals surface area contributed by atoms with Crippen molar-refractivity contribution in [2.75, 3.05) is 44.3 Å². The Balaban J connectivity index is 1.42. The minimum absolute atomic E-state index is 0.0344. The summed E-state index contributed by atoms with van der Waals surface area (Å²) in [6, 6.07) is 14.6. The molecule has 5 nitrogen and oxygen atoms in total. The largest absolute Gasteiger partial charge is 0.379 e. The summed E-state index contributed by atoms with van der Waals surface area (Å²) >= 11 is 0. The Bertz CT molecular complexity index is 731. The number of aromatic nitrogens is 1. The number of hydrogen-bond acceptors (Lipinski definition) is 3. The fourth-order valence-electron chi connectivity index (χ4n) is 4.44. The molecule has 4 rings (SSSR count). The molecule has 2 aromatic rings. The maximum Gasteiger partial charge on any atom is 0.222 e. The van der Waals surface area contributed by atoms with Gasteiger partial charge >= 0.3 is 0 Å². The Hall–Kier alpha value is -2.27. The number of aromatic amines is 1. The minimum atomic E-state index is 0.0344. The summed E-state index contributed by atoms with van der Waals surface area (Å²) in [5.41, 5.74) is 2.41. The highest BCUT2D eigenvalue weighted by atomic mass is 16.5. The number of rotatable bonds is 4. The SMILES string of the molecule is O=C(CCc1ccc[nH]1)N1CCCC2(COCCN(c3ccccc3)C2)C1. The quantitative estimate of drug-likeness (QED) is 0.903. The number of nitrogens with one attached hydrogen (secondary N) is 1. The second kappa shape index (κ2) is 8.17. The molecule has 2 saturated heterocycles. The third-order valence-corrected chi connectivity index (χ3v) is 5.85. The van der Waals surface area contributed by atoms with Crippen LogP contribution in [0.2, 0.25) is 0 Å². The summed E-state index contributed by atoms with van der Waals surface area (Å²) in [6.07, 6.45) is 5.44. The van der Waals surface area contributed by atoms with Gasteiger partial charge in [0.2, 0.25) is 5.91 Å². The van der Waals surface area contributed by atoms with Crippen LogP contribution in [0.1, 0.15) is 25.0 Å². The van der Waals surface area contributed by atoms with Crippen LogP contribution in [0.15, 0.2) is 48.7 Å². The van der Waals surface area contributed by atoms with Crippen molar-refractivity contribution in [1.29, 1.82) is 0 Å². The van der Waals surface area contributed by atoms with Crippen LogP contribution in [0.3, 0.4) is 0 Å². The lowest BCUT2D eigenvalue weighted by atomic mass is 9.79. The van der Waals surface area contributed by atoms with Crippen LogP contribution in [0.25, 0.3) is 0 Å². The molecule has 1 atom stereocenters. The topological polar surface area (TPSA) is 48.6 Å². The van der Waals surface area contributed by atoms with Gasteiger partial charge in [-0.1, -0.05) is 18.2 Å². The van der Waals surface area contributed by atoms with Crippen molar-refractivity contribution < 1.29 is 9.53 Å². The molecule has 0 radical (unpaired) electrons. The molecule has 2 fully saturated rings. The number of nitrogens with zero attached hydrogens (tertiary/aromatic N) is 2. The standard InChI is InChI=1S/C22H29N3O2/c26-21(10-9-19-6-4-12-23-19)25-13-5-11-22(17-25)16-24(14-15-27-18-22)20-7-2-1-3-8-20/h1-4,6-8,12,23H,5,9-11,13-18H2. The smallest absolute Gasteiger partial charge is 0.222 e. The van der Waals surface area contributed by atoms with E-state index in [0.717, 1.165) is 64.3 Å². The van der Waals surface area contributed by atoms with Crippen molar-refractivity contribution in [2.24, 2.45) is 5.41 Å². The van der Waals surface area contributed by atoms with Gasteiger partial charge in [-0.25, -0.2) is 0 Å². The molecule has 1 spiro atoms. The first-order chi connectivity index (χ1) is 13.2. The lowest BCUT2D eigenvalue weighted by Gasteiger charge is -2.44. The van der Waals surface area contributed by atoms with Gasteiger partial charge in [0.1, 0.15) is 0 Å². The van der Waals surface area contributed by atoms with E-state index in [9.17, 15) is 4.79 Å². The molecule has 1 amide bonds. The fourth-order valence-corrected chi connectivity index (χ4v) is 4.44. The lowest BCUT2D eigenvalue weighted by Crippen LogP contribution is -2.52. The summed E-state index contributed by atoms with van der Waals surface area (Å²) in [5.74, 6) is 0.263. The van der Waals surface area contributed by atoms with Gasteiger partial charge in [-0.05, 0) is 43.5 Å². The zero-order valence-electron chi connectivity index (χ0n) is 15.9. The molecule has 0 aliphatic carbocycles. The minimum Gasteiger partial charge on any atom is -0.379 e. The van der Waals surface area contributed by atoms with E-state index in [0.29, 0.717) is 6.42 Å². The highest BCUT2D eigenvalue weighted by molar-refractivity contribution is 5.76. The van der Waals surface area contributed by atoms with E-state index >= 15 is 0 Å². The maximum atomic E-state index is 12.8. The van der Waals surface area contributed by atoms with Gasteiger partial charge < -0.3 is 19.5 Å². The van der Waals surface area contributed by atoms with Gasteiger partial charge in [0.05, 0.1) is 13.2 Å². The first-order valence-corrected chi connectivity index (χ1v) is 10.0. The van der Waals surface area contributed by atoms with Gasteiger partial charge in [-0.15, -0.1) is 0 Å². The Morgan fingerprint density at radius 2 is 2.00 bits per heavy atom. The summed E-state index contributed by atoms with van der Waals surface area (Å²) in [7, 11) is 0. The number of hydrogen-bond donors (Lipinski definition) is 1. The third-order valence-electron chi connectivity index (χ3n) is 5.85. The number of H-pyrrole nitrogens is 1. The van der Waals surface area contributed by atoms with Crippen molar-refractivity contribution >= 4 is 11.6 Å². The van der Waals surface area contributed by atoms with E-state index in [2.05, 4.69) is 45.1 Å². The van der Waals surface area contributed by atoms with Crippen molar-refractivity contribution in [3.8, 4) is 0 Å². The number of likely N-dealkylation sites (tertiary alicyclic amines) is 1. The van der Waals surface area contributed by atoms with Crippen LogP contribution >= 0.6 is 0 Å². The van der Waals surface area contributed by atoms with Crippen molar-refractivity contribution in [3.63, 3.8) is 0 Å². The molecule has 2 aliphatic rings. The molecule has 1 unspecified atom stereocenters. The van der Waals surface area contributed by atoms with E-state index < -0.39 is 0 Å². The van der Waals surface area contributed by atoms with Gasteiger partial charge in [-0.3, -0.25) is 4.79 Å². The Morgan fingerprint density at radius 1 is 1.11 bits per heavy atom. The highest BCUT2D eigenvalue weighted by Crippen LogP contribution is 2.34. The Kier molecular flexibility index (Phi) is 5.48. The molecule has 27 heavy (non-hydrogen) atoms. The molecule has 5 heteroatoms. The Labute approximate surface area is 161 Å². The van der Waals surface area contributed by atoms with E-state index in [1.54, 1.807) is 0 Å². The zero-order valence-corrected chi connectivity index (χ0v) is 15.9. The maximum absolute atomic E-state index is 12.8. The average Bonchev–Trinajstić information content (AvgIpc) is 3.15. The second-order valence-electron chi connectivity index (χ2n) is 7.92. The first-order valence-electron chi connectivity index (χ1n) is 10.0. The number of benzene rings is 1. The molecule has 2 aliphatic heterocycles. The molecule has 0 bridgehead atoms. The van der Waals surface area contributed by atoms with Crippen molar-refractivity contribution in [3.05, 3.63) is 54.4 Å². The number of carbonyl (C=O) groups excluding carboxylic acids is 1. The van der Waals surface area contributed by atoms with Crippen molar-refractivity contribution in [1.82, 2.24) is 9.88 Å². The second-order valence-corrected chi connectivity index (χ2v) is 7.92. The van der Waals surface area contributed by atoms with Gasteiger partial charge in [-0.2, -0.15) is 0 Å². The van der Waals surface area contributed by atoms with E-state index in [-0.39, 0.29) is 11.3 Å².